The number of rotatable bonds is 8. The zero-order valence-electron chi connectivity index (χ0n) is 13.4. The van der Waals surface area contributed by atoms with Crippen molar-refractivity contribution < 1.29 is 9.53 Å². The normalized spacial score (nSPS) is 16.3. The molecule has 0 radical (unpaired) electrons. The quantitative estimate of drug-likeness (QED) is 0.772. The predicted molar refractivity (Wildman–Crippen MR) is 91.6 cm³/mol. The van der Waals surface area contributed by atoms with Crippen LogP contribution in [-0.2, 0) is 4.79 Å². The van der Waals surface area contributed by atoms with E-state index in [0.717, 1.165) is 17.7 Å². The minimum Gasteiger partial charge on any atom is -0.483 e. The molecule has 3 N–H and O–H groups in total. The van der Waals surface area contributed by atoms with Crippen LogP contribution >= 0.6 is 12.4 Å². The molecule has 2 unspecified atom stereocenters. The van der Waals surface area contributed by atoms with E-state index in [9.17, 15) is 4.79 Å². The lowest BCUT2D eigenvalue weighted by Crippen LogP contribution is -2.40. The van der Waals surface area contributed by atoms with Crippen molar-refractivity contribution in [3.63, 3.8) is 0 Å². The number of amides is 1. The van der Waals surface area contributed by atoms with Gasteiger partial charge < -0.3 is 15.8 Å². The molecule has 22 heavy (non-hydrogen) atoms. The second-order valence-electron chi connectivity index (χ2n) is 5.94. The molecule has 124 valence electrons. The van der Waals surface area contributed by atoms with Gasteiger partial charge in [0.05, 0.1) is 0 Å². The van der Waals surface area contributed by atoms with Gasteiger partial charge in [0.2, 0.25) is 0 Å². The summed E-state index contributed by atoms with van der Waals surface area (Å²) in [5, 5.41) is 2.85. The molecule has 1 fully saturated rings. The lowest BCUT2D eigenvalue weighted by atomic mass is 9.98. The van der Waals surface area contributed by atoms with E-state index in [1.165, 1.54) is 12.8 Å². The maximum atomic E-state index is 11.8. The number of hydrogen-bond acceptors (Lipinski definition) is 3. The number of halogens is 1. The van der Waals surface area contributed by atoms with Gasteiger partial charge in [-0.2, -0.15) is 0 Å². The zero-order chi connectivity index (χ0) is 15.2. The Kier molecular flexibility index (Phi) is 7.69. The third-order valence-electron chi connectivity index (χ3n) is 4.18. The molecule has 5 heteroatoms. The van der Waals surface area contributed by atoms with Gasteiger partial charge in [-0.3, -0.25) is 4.79 Å². The number of nitrogens with two attached hydrogens (primary N) is 1. The highest BCUT2D eigenvalue weighted by Crippen LogP contribution is 2.31. The van der Waals surface area contributed by atoms with E-state index in [1.807, 2.05) is 18.2 Å². The first-order valence-electron chi connectivity index (χ1n) is 7.85. The monoisotopic (exact) mass is 326 g/mol. The highest BCUT2D eigenvalue weighted by molar-refractivity contribution is 5.85. The third-order valence-corrected chi connectivity index (χ3v) is 4.18. The van der Waals surface area contributed by atoms with Gasteiger partial charge in [0.15, 0.2) is 6.61 Å². The first kappa shape index (κ1) is 18.8. The molecule has 2 atom stereocenters. The van der Waals surface area contributed by atoms with Crippen LogP contribution in [0.2, 0.25) is 0 Å². The maximum absolute atomic E-state index is 11.8. The number of ether oxygens (including phenoxy) is 1. The fourth-order valence-electron chi connectivity index (χ4n) is 2.36. The summed E-state index contributed by atoms with van der Waals surface area (Å²) >= 11 is 0. The van der Waals surface area contributed by atoms with Gasteiger partial charge >= 0.3 is 0 Å². The van der Waals surface area contributed by atoms with Crippen molar-refractivity contribution >= 4 is 18.3 Å². The van der Waals surface area contributed by atoms with Gasteiger partial charge in [-0.05, 0) is 42.7 Å². The van der Waals surface area contributed by atoms with Gasteiger partial charge in [0.1, 0.15) is 5.75 Å². The predicted octanol–water partition coefficient (Wildman–Crippen LogP) is 2.85. The fourth-order valence-corrected chi connectivity index (χ4v) is 2.36. The lowest BCUT2D eigenvalue weighted by Gasteiger charge is -2.16. The minimum atomic E-state index is -0.106. The van der Waals surface area contributed by atoms with Crippen LogP contribution in [0.5, 0.6) is 5.75 Å². The van der Waals surface area contributed by atoms with Crippen molar-refractivity contribution in [1.29, 1.82) is 0 Å². The standard InChI is InChI=1S/C17H26N2O2.ClH/c1-3-12(2)14-6-4-5-7-16(14)21-11-17(20)19-10-15(18)13-8-9-13;/h4-7,12-13,15H,3,8-11,18H2,1-2H3,(H,19,20);1H. The summed E-state index contributed by atoms with van der Waals surface area (Å²) in [5.41, 5.74) is 7.12. The molecule has 1 aromatic rings. The molecule has 0 bridgehead atoms. The van der Waals surface area contributed by atoms with Crippen LogP contribution in [0.3, 0.4) is 0 Å². The summed E-state index contributed by atoms with van der Waals surface area (Å²) in [6.45, 7) is 4.90. The van der Waals surface area contributed by atoms with Crippen molar-refractivity contribution in [3.8, 4) is 5.75 Å². The SMILES string of the molecule is CCC(C)c1ccccc1OCC(=O)NCC(N)C1CC1.Cl. The molecule has 0 aliphatic heterocycles. The molecule has 1 aliphatic carbocycles. The van der Waals surface area contributed by atoms with Crippen LogP contribution in [0, 0.1) is 5.92 Å². The number of benzene rings is 1. The molecule has 1 saturated carbocycles. The summed E-state index contributed by atoms with van der Waals surface area (Å²) in [5.74, 6) is 1.71. The molecule has 0 saturated heterocycles. The van der Waals surface area contributed by atoms with Gasteiger partial charge in [-0.25, -0.2) is 0 Å². The van der Waals surface area contributed by atoms with Gasteiger partial charge in [0.25, 0.3) is 5.91 Å². The molecular formula is C17H27ClN2O2. The summed E-state index contributed by atoms with van der Waals surface area (Å²) in [6.07, 6.45) is 3.43. The van der Waals surface area contributed by atoms with Crippen molar-refractivity contribution in [2.75, 3.05) is 13.2 Å². The Balaban J connectivity index is 0.00000242. The number of carbonyl (C=O) groups excluding carboxylic acids is 1. The van der Waals surface area contributed by atoms with Crippen LogP contribution in [0.4, 0.5) is 0 Å². The molecule has 0 heterocycles. The molecule has 0 spiro atoms. The summed E-state index contributed by atoms with van der Waals surface area (Å²) in [7, 11) is 0. The molecular weight excluding hydrogens is 300 g/mol. The van der Waals surface area contributed by atoms with Crippen molar-refractivity contribution in [3.05, 3.63) is 29.8 Å². The van der Waals surface area contributed by atoms with Gasteiger partial charge in [0, 0.05) is 12.6 Å². The molecule has 4 nitrogen and oxygen atoms in total. The van der Waals surface area contributed by atoms with Crippen molar-refractivity contribution in [2.24, 2.45) is 11.7 Å². The van der Waals surface area contributed by atoms with E-state index in [-0.39, 0.29) is 31.0 Å². The van der Waals surface area contributed by atoms with Gasteiger partial charge in [-0.1, -0.05) is 32.0 Å². The number of nitrogens with one attached hydrogen (secondary N) is 1. The molecule has 1 aromatic carbocycles. The van der Waals surface area contributed by atoms with Crippen LogP contribution < -0.4 is 15.8 Å². The van der Waals surface area contributed by atoms with Crippen LogP contribution in [0.1, 0.15) is 44.6 Å². The van der Waals surface area contributed by atoms with Crippen LogP contribution in [0.25, 0.3) is 0 Å². The Morgan fingerprint density at radius 1 is 1.41 bits per heavy atom. The van der Waals surface area contributed by atoms with Crippen molar-refractivity contribution in [1.82, 2.24) is 5.32 Å². The molecule has 1 aliphatic rings. The van der Waals surface area contributed by atoms with Gasteiger partial charge in [-0.15, -0.1) is 12.4 Å². The molecule has 2 rings (SSSR count). The Hall–Kier alpha value is -1.26. The number of para-hydroxylation sites is 1. The Morgan fingerprint density at radius 2 is 2.09 bits per heavy atom. The summed E-state index contributed by atoms with van der Waals surface area (Å²) in [6, 6.07) is 8.00. The highest BCUT2D eigenvalue weighted by atomic mass is 35.5. The second kappa shape index (κ2) is 9.01. The Labute approximate surface area is 139 Å². The van der Waals surface area contributed by atoms with E-state index in [0.29, 0.717) is 18.4 Å². The van der Waals surface area contributed by atoms with E-state index in [2.05, 4.69) is 25.2 Å². The largest absolute Gasteiger partial charge is 0.483 e. The fraction of sp³-hybridized carbons (Fsp3) is 0.588. The smallest absolute Gasteiger partial charge is 0.257 e. The maximum Gasteiger partial charge on any atom is 0.257 e. The average Bonchev–Trinajstić information content (AvgIpc) is 3.35. The second-order valence-corrected chi connectivity index (χ2v) is 5.94. The Morgan fingerprint density at radius 3 is 2.73 bits per heavy atom. The first-order valence-corrected chi connectivity index (χ1v) is 7.85. The third kappa shape index (κ3) is 5.50. The lowest BCUT2D eigenvalue weighted by molar-refractivity contribution is -0.123. The zero-order valence-corrected chi connectivity index (χ0v) is 14.2. The minimum absolute atomic E-state index is 0. The van der Waals surface area contributed by atoms with E-state index in [4.69, 9.17) is 10.5 Å². The first-order chi connectivity index (χ1) is 10.1. The topological polar surface area (TPSA) is 64.3 Å². The van der Waals surface area contributed by atoms with E-state index >= 15 is 0 Å². The van der Waals surface area contributed by atoms with Crippen molar-refractivity contribution in [2.45, 2.75) is 45.1 Å². The number of hydrogen-bond donors (Lipinski definition) is 2. The van der Waals surface area contributed by atoms with E-state index < -0.39 is 0 Å². The molecule has 0 aromatic heterocycles. The number of carbonyl (C=O) groups is 1. The van der Waals surface area contributed by atoms with Crippen LogP contribution in [0.15, 0.2) is 24.3 Å². The Bertz CT molecular complexity index is 477. The molecule has 1 amide bonds. The summed E-state index contributed by atoms with van der Waals surface area (Å²) < 4.78 is 5.68. The highest BCUT2D eigenvalue weighted by Gasteiger charge is 2.28. The average molecular weight is 327 g/mol. The summed E-state index contributed by atoms with van der Waals surface area (Å²) in [4.78, 5) is 11.8. The van der Waals surface area contributed by atoms with E-state index in [1.54, 1.807) is 0 Å². The van der Waals surface area contributed by atoms with Crippen LogP contribution in [-0.4, -0.2) is 25.1 Å².